The van der Waals surface area contributed by atoms with Crippen molar-refractivity contribution in [3.8, 4) is 0 Å². The molecule has 1 rings (SSSR count). The normalized spacial score (nSPS) is 14.2. The van der Waals surface area contributed by atoms with Crippen LogP contribution in [0.1, 0.15) is 30.6 Å². The molecule has 0 aliphatic rings. The van der Waals surface area contributed by atoms with Gasteiger partial charge in [0.25, 0.3) is 5.91 Å². The highest BCUT2D eigenvalue weighted by Gasteiger charge is 2.14. The van der Waals surface area contributed by atoms with Gasteiger partial charge in [0.05, 0.1) is 11.7 Å². The lowest BCUT2D eigenvalue weighted by Crippen LogP contribution is -2.34. The van der Waals surface area contributed by atoms with E-state index in [0.29, 0.717) is 12.0 Å². The van der Waals surface area contributed by atoms with Crippen LogP contribution in [-0.2, 0) is 0 Å². The highest BCUT2D eigenvalue weighted by molar-refractivity contribution is 6.32. The van der Waals surface area contributed by atoms with Crippen LogP contribution in [-0.4, -0.2) is 28.1 Å². The number of aliphatic hydroxyl groups excluding tert-OH is 1. The Kier molecular flexibility index (Phi) is 4.71. The third-order valence-electron chi connectivity index (χ3n) is 2.08. The molecule has 5 heteroatoms. The van der Waals surface area contributed by atoms with Crippen LogP contribution in [0.3, 0.4) is 0 Å². The zero-order valence-corrected chi connectivity index (χ0v) is 10.0. The molecule has 0 saturated heterocycles. The number of carbonyl (C=O) groups excluding carboxylic acids is 1. The summed E-state index contributed by atoms with van der Waals surface area (Å²) in [5.74, 6) is -0.272. The van der Waals surface area contributed by atoms with E-state index < -0.39 is 6.10 Å². The Labute approximate surface area is 99.6 Å². The third-order valence-corrected chi connectivity index (χ3v) is 2.38. The van der Waals surface area contributed by atoms with Crippen molar-refractivity contribution in [1.82, 2.24) is 10.3 Å². The van der Waals surface area contributed by atoms with Crippen LogP contribution in [0.2, 0.25) is 5.15 Å². The van der Waals surface area contributed by atoms with Crippen LogP contribution in [0, 0.1) is 0 Å². The molecule has 16 heavy (non-hydrogen) atoms. The topological polar surface area (TPSA) is 62.2 Å². The number of nitrogens with one attached hydrogen (secondary N) is 1. The largest absolute Gasteiger partial charge is 0.393 e. The number of aromatic nitrogens is 1. The second-order valence-electron chi connectivity index (χ2n) is 3.80. The van der Waals surface area contributed by atoms with E-state index in [0.717, 1.165) is 0 Å². The first-order valence-electron chi connectivity index (χ1n) is 5.10. The average molecular weight is 243 g/mol. The summed E-state index contributed by atoms with van der Waals surface area (Å²) in [6, 6.07) is 3.16. The number of hydrogen-bond acceptors (Lipinski definition) is 3. The minimum Gasteiger partial charge on any atom is -0.393 e. The zero-order chi connectivity index (χ0) is 12.1. The van der Waals surface area contributed by atoms with Gasteiger partial charge in [-0.15, -0.1) is 0 Å². The summed E-state index contributed by atoms with van der Waals surface area (Å²) >= 11 is 5.79. The van der Waals surface area contributed by atoms with Crippen molar-refractivity contribution in [2.75, 3.05) is 0 Å². The molecule has 1 heterocycles. The van der Waals surface area contributed by atoms with Gasteiger partial charge < -0.3 is 10.4 Å². The lowest BCUT2D eigenvalue weighted by Gasteiger charge is -2.15. The van der Waals surface area contributed by atoms with E-state index in [9.17, 15) is 9.90 Å². The molecule has 0 aliphatic heterocycles. The maximum absolute atomic E-state index is 11.7. The summed E-state index contributed by atoms with van der Waals surface area (Å²) in [7, 11) is 0. The van der Waals surface area contributed by atoms with Gasteiger partial charge in [-0.05, 0) is 32.4 Å². The molecule has 88 valence electrons. The van der Waals surface area contributed by atoms with Gasteiger partial charge in [0.1, 0.15) is 5.15 Å². The molecule has 0 aliphatic carbocycles. The van der Waals surface area contributed by atoms with Crippen LogP contribution in [0.15, 0.2) is 18.3 Å². The van der Waals surface area contributed by atoms with Gasteiger partial charge in [-0.3, -0.25) is 4.79 Å². The van der Waals surface area contributed by atoms with Crippen molar-refractivity contribution in [3.05, 3.63) is 29.0 Å². The van der Waals surface area contributed by atoms with Gasteiger partial charge in [-0.1, -0.05) is 11.6 Å². The van der Waals surface area contributed by atoms with Crippen molar-refractivity contribution in [3.63, 3.8) is 0 Å². The molecule has 1 amide bonds. The van der Waals surface area contributed by atoms with E-state index in [1.165, 1.54) is 6.20 Å². The Balaban J connectivity index is 2.63. The van der Waals surface area contributed by atoms with E-state index in [-0.39, 0.29) is 17.1 Å². The van der Waals surface area contributed by atoms with Gasteiger partial charge in [0.2, 0.25) is 0 Å². The van der Waals surface area contributed by atoms with Crippen molar-refractivity contribution in [2.45, 2.75) is 32.4 Å². The maximum atomic E-state index is 11.7. The Morgan fingerprint density at radius 3 is 2.88 bits per heavy atom. The molecule has 0 bridgehead atoms. The number of hydrogen-bond donors (Lipinski definition) is 2. The number of carbonyl (C=O) groups is 1. The van der Waals surface area contributed by atoms with Gasteiger partial charge in [0.15, 0.2) is 0 Å². The van der Waals surface area contributed by atoms with E-state index in [1.54, 1.807) is 19.1 Å². The fourth-order valence-electron chi connectivity index (χ4n) is 1.43. The smallest absolute Gasteiger partial charge is 0.254 e. The van der Waals surface area contributed by atoms with Crippen LogP contribution in [0.25, 0.3) is 0 Å². The summed E-state index contributed by atoms with van der Waals surface area (Å²) < 4.78 is 0. The summed E-state index contributed by atoms with van der Waals surface area (Å²) in [4.78, 5) is 15.6. The van der Waals surface area contributed by atoms with Crippen LogP contribution < -0.4 is 5.32 Å². The zero-order valence-electron chi connectivity index (χ0n) is 9.27. The second-order valence-corrected chi connectivity index (χ2v) is 4.16. The maximum Gasteiger partial charge on any atom is 0.254 e. The summed E-state index contributed by atoms with van der Waals surface area (Å²) in [6.45, 7) is 3.51. The molecule has 0 aromatic carbocycles. The fraction of sp³-hybridized carbons (Fsp3) is 0.455. The molecule has 4 nitrogen and oxygen atoms in total. The molecule has 2 N–H and O–H groups in total. The van der Waals surface area contributed by atoms with Crippen molar-refractivity contribution < 1.29 is 9.90 Å². The Morgan fingerprint density at radius 1 is 1.62 bits per heavy atom. The molecule has 0 saturated carbocycles. The molecular formula is C11H15ClN2O2. The van der Waals surface area contributed by atoms with Gasteiger partial charge >= 0.3 is 0 Å². The molecular weight excluding hydrogens is 228 g/mol. The Morgan fingerprint density at radius 2 is 2.31 bits per heavy atom. The molecule has 2 unspecified atom stereocenters. The van der Waals surface area contributed by atoms with Crippen LogP contribution in [0.4, 0.5) is 0 Å². The molecule has 0 spiro atoms. The van der Waals surface area contributed by atoms with Crippen molar-refractivity contribution in [2.24, 2.45) is 0 Å². The van der Waals surface area contributed by atoms with Crippen molar-refractivity contribution >= 4 is 17.5 Å². The van der Waals surface area contributed by atoms with Gasteiger partial charge in [0, 0.05) is 12.2 Å². The summed E-state index contributed by atoms with van der Waals surface area (Å²) in [6.07, 6.45) is 1.58. The SMILES string of the molecule is CC(O)CC(C)NC(=O)c1cccnc1Cl. The number of rotatable bonds is 4. The number of aliphatic hydroxyl groups is 1. The predicted molar refractivity (Wildman–Crippen MR) is 62.5 cm³/mol. The third kappa shape index (κ3) is 3.79. The Hall–Kier alpha value is -1.13. The molecule has 1 aromatic rings. The highest BCUT2D eigenvalue weighted by atomic mass is 35.5. The monoisotopic (exact) mass is 242 g/mol. The van der Waals surface area contributed by atoms with E-state index in [4.69, 9.17) is 11.6 Å². The van der Waals surface area contributed by atoms with E-state index >= 15 is 0 Å². The predicted octanol–water partition coefficient (Wildman–Crippen LogP) is 1.62. The van der Waals surface area contributed by atoms with Gasteiger partial charge in [-0.2, -0.15) is 0 Å². The van der Waals surface area contributed by atoms with Crippen molar-refractivity contribution in [1.29, 1.82) is 0 Å². The first kappa shape index (κ1) is 12.9. The standard InChI is InChI=1S/C11H15ClN2O2/c1-7(6-8(2)15)14-11(16)9-4-3-5-13-10(9)12/h3-5,7-8,15H,6H2,1-2H3,(H,14,16). The first-order chi connectivity index (χ1) is 7.50. The molecule has 2 atom stereocenters. The number of halogens is 1. The minimum absolute atomic E-state index is 0.108. The number of nitrogens with zero attached hydrogens (tertiary/aromatic N) is 1. The second kappa shape index (κ2) is 5.82. The lowest BCUT2D eigenvalue weighted by molar-refractivity contribution is 0.0923. The van der Waals surface area contributed by atoms with Gasteiger partial charge in [-0.25, -0.2) is 4.98 Å². The average Bonchev–Trinajstić information content (AvgIpc) is 2.16. The number of amides is 1. The molecule has 0 fully saturated rings. The fourth-order valence-corrected chi connectivity index (χ4v) is 1.63. The molecule has 1 aromatic heterocycles. The molecule has 0 radical (unpaired) electrons. The minimum atomic E-state index is -0.445. The number of pyridine rings is 1. The summed E-state index contributed by atoms with van der Waals surface area (Å²) in [5, 5.41) is 12.1. The first-order valence-corrected chi connectivity index (χ1v) is 5.48. The Bertz CT molecular complexity index is 369. The van der Waals surface area contributed by atoms with Crippen LogP contribution in [0.5, 0.6) is 0 Å². The summed E-state index contributed by atoms with van der Waals surface area (Å²) in [5.41, 5.74) is 0.349. The highest BCUT2D eigenvalue weighted by Crippen LogP contribution is 2.11. The van der Waals surface area contributed by atoms with E-state index in [2.05, 4.69) is 10.3 Å². The van der Waals surface area contributed by atoms with E-state index in [1.807, 2.05) is 6.92 Å². The quantitative estimate of drug-likeness (QED) is 0.789. The lowest BCUT2D eigenvalue weighted by atomic mass is 10.1. The van der Waals surface area contributed by atoms with Crippen LogP contribution >= 0.6 is 11.6 Å².